The maximum atomic E-state index is 15.1. The molecule has 2 bridgehead atoms. The Hall–Kier alpha value is -2.89. The molecule has 3 aromatic rings. The van der Waals surface area contributed by atoms with Gasteiger partial charge in [0, 0.05) is 28.8 Å². The van der Waals surface area contributed by atoms with Gasteiger partial charge in [-0.25, -0.2) is 9.37 Å². The van der Waals surface area contributed by atoms with Gasteiger partial charge in [-0.2, -0.15) is 0 Å². The van der Waals surface area contributed by atoms with E-state index in [1.807, 2.05) is 12.1 Å². The Bertz CT molecular complexity index is 1130. The van der Waals surface area contributed by atoms with Crippen LogP contribution in [0, 0.1) is 10.8 Å². The highest BCUT2D eigenvalue weighted by Crippen LogP contribution is 2.60. The standard InChI is InChI=1S/C23H23FN4O/c1-22-4-5-23(2,13-22)21(24)15(10-22)9-20-26-12-18(27-28-20)17-7-14-3-6-25-11-16(14)8-19(17)29/h3,6-9,11-12,21,29H,4-5,10,13H2,1-2H3/b15-9-/t21-,22-,23-/m0/s1. The Balaban J connectivity index is 1.47. The van der Waals surface area contributed by atoms with Crippen LogP contribution in [0.2, 0.25) is 0 Å². The summed E-state index contributed by atoms with van der Waals surface area (Å²) in [6.07, 6.45) is 9.45. The predicted octanol–water partition coefficient (Wildman–Crippen LogP) is 5.11. The van der Waals surface area contributed by atoms with Gasteiger partial charge in [-0.1, -0.05) is 13.8 Å². The van der Waals surface area contributed by atoms with Crippen molar-refractivity contribution >= 4 is 16.8 Å². The molecule has 2 aliphatic carbocycles. The van der Waals surface area contributed by atoms with Crippen LogP contribution in [-0.4, -0.2) is 31.4 Å². The maximum absolute atomic E-state index is 15.1. The van der Waals surface area contributed by atoms with Gasteiger partial charge in [0.2, 0.25) is 0 Å². The monoisotopic (exact) mass is 390 g/mol. The van der Waals surface area contributed by atoms with Crippen LogP contribution >= 0.6 is 0 Å². The molecule has 1 aromatic carbocycles. The van der Waals surface area contributed by atoms with Crippen LogP contribution in [0.5, 0.6) is 5.75 Å². The summed E-state index contributed by atoms with van der Waals surface area (Å²) in [5, 5.41) is 20.6. The minimum absolute atomic E-state index is 0.0984. The average Bonchev–Trinajstić information content (AvgIpc) is 2.98. The van der Waals surface area contributed by atoms with E-state index in [1.165, 1.54) is 0 Å². The van der Waals surface area contributed by atoms with Gasteiger partial charge in [-0.05, 0) is 66.3 Å². The SMILES string of the molecule is C[C@@]12CC[C@@](C)(C1)[C@@H](F)/C(=C\c1ncc(-c3cc4ccncc4cc3O)nn1)C2. The number of alkyl halides is 1. The average molecular weight is 390 g/mol. The second-order valence-corrected chi connectivity index (χ2v) is 9.19. The van der Waals surface area contributed by atoms with E-state index in [0.717, 1.165) is 42.0 Å². The summed E-state index contributed by atoms with van der Waals surface area (Å²) in [5.41, 5.74) is 1.69. The fourth-order valence-corrected chi connectivity index (χ4v) is 5.23. The lowest BCUT2D eigenvalue weighted by Crippen LogP contribution is -2.35. The van der Waals surface area contributed by atoms with Gasteiger partial charge in [0.15, 0.2) is 5.82 Å². The second-order valence-electron chi connectivity index (χ2n) is 9.19. The maximum Gasteiger partial charge on any atom is 0.174 e. The summed E-state index contributed by atoms with van der Waals surface area (Å²) in [6.45, 7) is 4.30. The number of halogens is 1. The smallest absolute Gasteiger partial charge is 0.174 e. The number of pyridine rings is 1. The number of hydrogen-bond donors (Lipinski definition) is 1. The Morgan fingerprint density at radius 2 is 2.00 bits per heavy atom. The first-order valence-electron chi connectivity index (χ1n) is 9.97. The third-order valence-corrected chi connectivity index (χ3v) is 6.62. The van der Waals surface area contributed by atoms with Crippen LogP contribution in [0.1, 0.15) is 45.4 Å². The number of fused-ring (bicyclic) bond motifs is 3. The molecular weight excluding hydrogens is 367 g/mol. The molecule has 2 heterocycles. The molecule has 0 spiro atoms. The van der Waals surface area contributed by atoms with E-state index in [1.54, 1.807) is 30.7 Å². The molecule has 0 saturated heterocycles. The summed E-state index contributed by atoms with van der Waals surface area (Å²) in [6, 6.07) is 5.37. The molecule has 148 valence electrons. The van der Waals surface area contributed by atoms with Crippen LogP contribution < -0.4 is 0 Å². The lowest BCUT2D eigenvalue weighted by molar-refractivity contribution is 0.106. The third-order valence-electron chi connectivity index (χ3n) is 6.62. The Kier molecular flexibility index (Phi) is 3.95. The molecule has 6 heteroatoms. The summed E-state index contributed by atoms with van der Waals surface area (Å²) in [7, 11) is 0. The summed E-state index contributed by atoms with van der Waals surface area (Å²) >= 11 is 0. The largest absolute Gasteiger partial charge is 0.507 e. The number of phenols is 1. The van der Waals surface area contributed by atoms with Gasteiger partial charge >= 0.3 is 0 Å². The van der Waals surface area contributed by atoms with Gasteiger partial charge in [-0.15, -0.1) is 10.2 Å². The van der Waals surface area contributed by atoms with Crippen molar-refractivity contribution in [1.82, 2.24) is 20.2 Å². The number of nitrogens with zero attached hydrogens (tertiary/aromatic N) is 4. The van der Waals surface area contributed by atoms with Gasteiger partial charge < -0.3 is 5.11 Å². The highest BCUT2D eigenvalue weighted by Gasteiger charge is 2.53. The molecule has 0 radical (unpaired) electrons. The van der Waals surface area contributed by atoms with E-state index < -0.39 is 6.17 Å². The third kappa shape index (κ3) is 3.07. The summed E-state index contributed by atoms with van der Waals surface area (Å²) < 4.78 is 15.1. The molecule has 5 nitrogen and oxygen atoms in total. The van der Waals surface area contributed by atoms with Crippen molar-refractivity contribution in [2.75, 3.05) is 0 Å². The topological polar surface area (TPSA) is 71.8 Å². The molecule has 29 heavy (non-hydrogen) atoms. The predicted molar refractivity (Wildman–Crippen MR) is 110 cm³/mol. The molecular formula is C23H23FN4O. The molecule has 2 saturated carbocycles. The Morgan fingerprint density at radius 3 is 2.79 bits per heavy atom. The zero-order valence-corrected chi connectivity index (χ0v) is 16.6. The molecule has 2 aliphatic rings. The van der Waals surface area contributed by atoms with E-state index in [4.69, 9.17) is 0 Å². The highest BCUT2D eigenvalue weighted by atomic mass is 19.1. The summed E-state index contributed by atoms with van der Waals surface area (Å²) in [5.74, 6) is 0.505. The minimum atomic E-state index is -0.959. The minimum Gasteiger partial charge on any atom is -0.507 e. The van der Waals surface area contributed by atoms with Crippen LogP contribution in [-0.2, 0) is 0 Å². The van der Waals surface area contributed by atoms with Crippen molar-refractivity contribution < 1.29 is 9.50 Å². The number of aromatic hydroxyl groups is 1. The molecule has 0 amide bonds. The number of aromatic nitrogens is 4. The first-order chi connectivity index (χ1) is 13.9. The van der Waals surface area contributed by atoms with Crippen LogP contribution in [0.4, 0.5) is 4.39 Å². The second kappa shape index (κ2) is 6.31. The number of hydrogen-bond acceptors (Lipinski definition) is 5. The number of rotatable bonds is 2. The van der Waals surface area contributed by atoms with E-state index in [0.29, 0.717) is 17.1 Å². The van der Waals surface area contributed by atoms with E-state index in [9.17, 15) is 5.11 Å². The normalized spacial score (nSPS) is 30.2. The fourth-order valence-electron chi connectivity index (χ4n) is 5.23. The van der Waals surface area contributed by atoms with Crippen molar-refractivity contribution in [2.45, 2.75) is 45.7 Å². The van der Waals surface area contributed by atoms with Crippen LogP contribution in [0.3, 0.4) is 0 Å². The van der Waals surface area contributed by atoms with Gasteiger partial charge in [-0.3, -0.25) is 4.98 Å². The van der Waals surface area contributed by atoms with Crippen LogP contribution in [0.15, 0.2) is 42.4 Å². The molecule has 0 unspecified atom stereocenters. The number of benzene rings is 1. The van der Waals surface area contributed by atoms with Crippen molar-refractivity contribution in [2.24, 2.45) is 10.8 Å². The molecule has 1 N–H and O–H groups in total. The van der Waals surface area contributed by atoms with E-state index in [-0.39, 0.29) is 16.6 Å². The van der Waals surface area contributed by atoms with Crippen molar-refractivity contribution in [3.8, 4) is 17.0 Å². The zero-order valence-electron chi connectivity index (χ0n) is 16.6. The lowest BCUT2D eigenvalue weighted by Gasteiger charge is -2.39. The number of allylic oxidation sites excluding steroid dienone is 1. The lowest BCUT2D eigenvalue weighted by atomic mass is 9.67. The number of phenolic OH excluding ortho intramolecular Hbond substituents is 1. The van der Waals surface area contributed by atoms with Gasteiger partial charge in [0.25, 0.3) is 0 Å². The Labute approximate surface area is 168 Å². The fraction of sp³-hybridized carbons (Fsp3) is 0.391. The molecule has 5 rings (SSSR count). The van der Waals surface area contributed by atoms with Crippen molar-refractivity contribution in [3.05, 3.63) is 48.2 Å². The quantitative estimate of drug-likeness (QED) is 0.658. The molecule has 3 atom stereocenters. The zero-order chi connectivity index (χ0) is 20.2. The first kappa shape index (κ1) is 18.2. The van der Waals surface area contributed by atoms with Gasteiger partial charge in [0.1, 0.15) is 17.6 Å². The summed E-state index contributed by atoms with van der Waals surface area (Å²) in [4.78, 5) is 8.45. The molecule has 2 aromatic heterocycles. The highest BCUT2D eigenvalue weighted by molar-refractivity contribution is 5.89. The van der Waals surface area contributed by atoms with Crippen molar-refractivity contribution in [1.29, 1.82) is 0 Å². The molecule has 2 fully saturated rings. The van der Waals surface area contributed by atoms with Crippen LogP contribution in [0.25, 0.3) is 28.1 Å². The first-order valence-corrected chi connectivity index (χ1v) is 9.97. The van der Waals surface area contributed by atoms with Gasteiger partial charge in [0.05, 0.1) is 6.20 Å². The van der Waals surface area contributed by atoms with Crippen molar-refractivity contribution in [3.63, 3.8) is 0 Å². The Morgan fingerprint density at radius 1 is 1.14 bits per heavy atom. The van der Waals surface area contributed by atoms with E-state index >= 15 is 4.39 Å². The van der Waals surface area contributed by atoms with E-state index in [2.05, 4.69) is 34.0 Å². The molecule has 0 aliphatic heterocycles.